The van der Waals surface area contributed by atoms with Gasteiger partial charge >= 0.3 is 0 Å². The number of aryl methyl sites for hydroxylation is 1. The van der Waals surface area contributed by atoms with Crippen LogP contribution in [0.1, 0.15) is 17.0 Å². The number of methoxy groups -OCH3 is 1. The van der Waals surface area contributed by atoms with Crippen LogP contribution in [0.15, 0.2) is 82.4 Å². The number of pyridine rings is 2. The lowest BCUT2D eigenvalue weighted by Gasteiger charge is -2.13. The van der Waals surface area contributed by atoms with Crippen molar-refractivity contribution in [1.29, 1.82) is 0 Å². The van der Waals surface area contributed by atoms with E-state index in [1.807, 2.05) is 53.2 Å². The Bertz CT molecular complexity index is 1920. The summed E-state index contributed by atoms with van der Waals surface area (Å²) < 4.78 is 11.3. The third-order valence-electron chi connectivity index (χ3n) is 6.50. The molecule has 0 atom stereocenters. The number of nitrogens with zero attached hydrogens (tertiary/aromatic N) is 5. The van der Waals surface area contributed by atoms with Gasteiger partial charge in [0.15, 0.2) is 0 Å². The molecule has 0 fully saturated rings. The molecule has 0 spiro atoms. The van der Waals surface area contributed by atoms with E-state index < -0.39 is 0 Å². The number of halogens is 1. The third-order valence-corrected chi connectivity index (χ3v) is 7.72. The van der Waals surface area contributed by atoms with Crippen molar-refractivity contribution in [1.82, 2.24) is 23.9 Å². The van der Waals surface area contributed by atoms with Gasteiger partial charge in [-0.25, -0.2) is 9.97 Å². The molecule has 4 heterocycles. The van der Waals surface area contributed by atoms with Crippen molar-refractivity contribution < 1.29 is 4.74 Å². The lowest BCUT2D eigenvalue weighted by molar-refractivity contribution is 0.414. The van der Waals surface area contributed by atoms with E-state index in [-0.39, 0.29) is 17.7 Å². The van der Waals surface area contributed by atoms with E-state index >= 15 is 0 Å². The van der Waals surface area contributed by atoms with Crippen LogP contribution in [0.3, 0.4) is 0 Å². The molecular formula is C28H22ClN5O3S. The average molecular weight is 544 g/mol. The van der Waals surface area contributed by atoms with Crippen LogP contribution in [0, 0.1) is 6.92 Å². The van der Waals surface area contributed by atoms with E-state index in [9.17, 15) is 9.59 Å². The maximum absolute atomic E-state index is 14.1. The molecule has 0 bridgehead atoms. The topological polar surface area (TPSA) is 83.9 Å². The molecule has 190 valence electrons. The number of fused-ring (bicyclic) bond motifs is 2. The minimum Gasteiger partial charge on any atom is -0.497 e. The van der Waals surface area contributed by atoms with Gasteiger partial charge in [0.1, 0.15) is 10.9 Å². The van der Waals surface area contributed by atoms with Gasteiger partial charge in [0.25, 0.3) is 11.1 Å². The zero-order chi connectivity index (χ0) is 26.4. The fourth-order valence-corrected chi connectivity index (χ4v) is 5.84. The quantitative estimate of drug-likeness (QED) is 0.275. The Morgan fingerprint density at radius 1 is 0.947 bits per heavy atom. The first-order valence-electron chi connectivity index (χ1n) is 11.9. The second-order valence-electron chi connectivity index (χ2n) is 8.86. The van der Waals surface area contributed by atoms with Gasteiger partial charge in [0.05, 0.1) is 47.0 Å². The van der Waals surface area contributed by atoms with Crippen molar-refractivity contribution in [2.75, 3.05) is 7.11 Å². The number of hydrogen-bond donors (Lipinski definition) is 0. The highest BCUT2D eigenvalue weighted by atomic mass is 35.5. The van der Waals surface area contributed by atoms with Gasteiger partial charge in [-0.05, 0) is 48.9 Å². The summed E-state index contributed by atoms with van der Waals surface area (Å²) in [5, 5.41) is 1.33. The maximum atomic E-state index is 14.1. The molecule has 38 heavy (non-hydrogen) atoms. The number of rotatable bonds is 6. The van der Waals surface area contributed by atoms with Gasteiger partial charge < -0.3 is 9.30 Å². The fraction of sp³-hybridized carbons (Fsp3) is 0.143. The van der Waals surface area contributed by atoms with E-state index in [1.54, 1.807) is 41.5 Å². The van der Waals surface area contributed by atoms with Gasteiger partial charge in [-0.1, -0.05) is 53.3 Å². The van der Waals surface area contributed by atoms with Crippen LogP contribution in [-0.4, -0.2) is 31.0 Å². The molecule has 0 unspecified atom stereocenters. The number of ether oxygens (including phenoxy) is 1. The summed E-state index contributed by atoms with van der Waals surface area (Å²) in [6.45, 7) is 2.32. The molecule has 6 aromatic rings. The van der Waals surface area contributed by atoms with Crippen molar-refractivity contribution in [3.8, 4) is 10.9 Å². The summed E-state index contributed by atoms with van der Waals surface area (Å²) in [6.07, 6.45) is 0. The molecule has 0 aliphatic heterocycles. The first-order chi connectivity index (χ1) is 18.4. The summed E-state index contributed by atoms with van der Waals surface area (Å²) in [5.41, 5.74) is 2.96. The van der Waals surface area contributed by atoms with Crippen molar-refractivity contribution in [3.05, 3.63) is 116 Å². The van der Waals surface area contributed by atoms with E-state index in [1.165, 1.54) is 17.4 Å². The molecule has 0 saturated carbocycles. The van der Waals surface area contributed by atoms with E-state index in [4.69, 9.17) is 21.3 Å². The SMILES string of the molecule is COc1cccc(Cn2c3cc(=O)n(Cc4cccc(Cl)n4)c(C)c3c(=O)n2-c2nc3ccccc3s2)c1. The summed E-state index contributed by atoms with van der Waals surface area (Å²) >= 11 is 7.49. The maximum Gasteiger partial charge on any atom is 0.283 e. The van der Waals surface area contributed by atoms with Crippen LogP contribution in [0.4, 0.5) is 0 Å². The summed E-state index contributed by atoms with van der Waals surface area (Å²) in [4.78, 5) is 36.5. The second-order valence-corrected chi connectivity index (χ2v) is 10.3. The molecular weight excluding hydrogens is 522 g/mol. The van der Waals surface area contributed by atoms with Crippen molar-refractivity contribution >= 4 is 44.1 Å². The Morgan fingerprint density at radius 2 is 1.76 bits per heavy atom. The number of thiazole rings is 1. The zero-order valence-corrected chi connectivity index (χ0v) is 22.2. The highest BCUT2D eigenvalue weighted by Crippen LogP contribution is 2.27. The van der Waals surface area contributed by atoms with Crippen LogP contribution in [-0.2, 0) is 13.1 Å². The minimum atomic E-state index is -0.243. The molecule has 8 nitrogen and oxygen atoms in total. The lowest BCUT2D eigenvalue weighted by atomic mass is 10.2. The molecule has 6 rings (SSSR count). The molecule has 0 aliphatic rings. The second kappa shape index (κ2) is 9.59. The predicted octanol–water partition coefficient (Wildman–Crippen LogP) is 5.03. The standard InChI is InChI=1S/C28H22ClN5O3S/c1-17-26-22(14-25(35)32(17)16-19-8-6-12-24(29)30-19)33(15-18-7-5-9-20(13-18)37-2)34(27(26)36)28-31-21-10-3-4-11-23(21)38-28/h3-14H,15-16H2,1-2H3. The minimum absolute atomic E-state index is 0.197. The van der Waals surface area contributed by atoms with E-state index in [2.05, 4.69) is 4.98 Å². The Labute approximate surface area is 225 Å². The predicted molar refractivity (Wildman–Crippen MR) is 150 cm³/mol. The van der Waals surface area contributed by atoms with Gasteiger partial charge in [-0.15, -0.1) is 0 Å². The molecule has 10 heteroatoms. The Morgan fingerprint density at radius 3 is 2.55 bits per heavy atom. The summed E-state index contributed by atoms with van der Waals surface area (Å²) in [6, 6.07) is 22.2. The monoisotopic (exact) mass is 543 g/mol. The Balaban J connectivity index is 1.60. The Hall–Kier alpha value is -4.21. The molecule has 0 N–H and O–H groups in total. The molecule has 2 aromatic carbocycles. The van der Waals surface area contributed by atoms with Crippen LogP contribution in [0.5, 0.6) is 5.75 Å². The highest BCUT2D eigenvalue weighted by molar-refractivity contribution is 7.20. The van der Waals surface area contributed by atoms with Crippen molar-refractivity contribution in [2.24, 2.45) is 0 Å². The van der Waals surface area contributed by atoms with Crippen LogP contribution < -0.4 is 15.9 Å². The third kappa shape index (κ3) is 4.19. The fourth-order valence-electron chi connectivity index (χ4n) is 4.68. The van der Waals surface area contributed by atoms with Crippen LogP contribution in [0.25, 0.3) is 26.3 Å². The largest absolute Gasteiger partial charge is 0.497 e. The smallest absolute Gasteiger partial charge is 0.283 e. The first kappa shape index (κ1) is 24.1. The van der Waals surface area contributed by atoms with E-state index in [0.717, 1.165) is 15.8 Å². The number of benzene rings is 2. The molecule has 4 aromatic heterocycles. The zero-order valence-electron chi connectivity index (χ0n) is 20.6. The normalized spacial score (nSPS) is 11.4. The van der Waals surface area contributed by atoms with Gasteiger partial charge in [0, 0.05) is 11.8 Å². The first-order valence-corrected chi connectivity index (χ1v) is 13.1. The Kier molecular flexibility index (Phi) is 6.09. The van der Waals surface area contributed by atoms with E-state index in [0.29, 0.717) is 44.9 Å². The molecule has 0 saturated heterocycles. The molecule has 0 amide bonds. The summed E-state index contributed by atoms with van der Waals surface area (Å²) in [7, 11) is 1.61. The number of aromatic nitrogens is 5. The lowest BCUT2D eigenvalue weighted by Crippen LogP contribution is -2.24. The van der Waals surface area contributed by atoms with Crippen LogP contribution >= 0.6 is 22.9 Å². The summed E-state index contributed by atoms with van der Waals surface area (Å²) in [5.74, 6) is 0.709. The van der Waals surface area contributed by atoms with Gasteiger partial charge in [-0.3, -0.25) is 14.3 Å². The van der Waals surface area contributed by atoms with Gasteiger partial charge in [-0.2, -0.15) is 4.68 Å². The van der Waals surface area contributed by atoms with Crippen molar-refractivity contribution in [3.63, 3.8) is 0 Å². The molecule has 0 radical (unpaired) electrons. The van der Waals surface area contributed by atoms with Gasteiger partial charge in [0.2, 0.25) is 5.13 Å². The molecule has 0 aliphatic carbocycles. The highest BCUT2D eigenvalue weighted by Gasteiger charge is 2.22. The average Bonchev–Trinajstić information content (AvgIpc) is 3.45. The number of hydrogen-bond acceptors (Lipinski definition) is 6. The van der Waals surface area contributed by atoms with Crippen molar-refractivity contribution in [2.45, 2.75) is 20.0 Å². The number of para-hydroxylation sites is 1. The van der Waals surface area contributed by atoms with Crippen LogP contribution in [0.2, 0.25) is 5.15 Å².